The van der Waals surface area contributed by atoms with Crippen molar-refractivity contribution in [3.05, 3.63) is 56.4 Å². The maximum atomic E-state index is 11.6. The fraction of sp³-hybridized carbons (Fsp3) is 0.0909. The topological polar surface area (TPSA) is 54.3 Å². The highest BCUT2D eigenvalue weighted by Gasteiger charge is 2.11. The van der Waals surface area contributed by atoms with E-state index in [9.17, 15) is 9.59 Å². The summed E-state index contributed by atoms with van der Waals surface area (Å²) < 4.78 is 1.41. The lowest BCUT2D eigenvalue weighted by Gasteiger charge is -2.11. The third-order valence-electron chi connectivity index (χ3n) is 2.62. The van der Waals surface area contributed by atoms with Crippen molar-refractivity contribution in [2.45, 2.75) is 6.42 Å². The average molecular weight is 200 g/mol. The van der Waals surface area contributed by atoms with Gasteiger partial charge in [0.25, 0.3) is 0 Å². The molecule has 0 fully saturated rings. The molecule has 1 aliphatic rings. The molecule has 15 heavy (non-hydrogen) atoms. The van der Waals surface area contributed by atoms with Gasteiger partial charge in [0, 0.05) is 6.20 Å². The van der Waals surface area contributed by atoms with E-state index in [0.29, 0.717) is 5.69 Å². The summed E-state index contributed by atoms with van der Waals surface area (Å²) in [6.07, 6.45) is 6.23. The Labute approximate surface area is 84.5 Å². The van der Waals surface area contributed by atoms with Gasteiger partial charge < -0.3 is 4.98 Å². The average Bonchev–Trinajstić information content (AvgIpc) is 2.26. The first-order valence-electron chi connectivity index (χ1n) is 4.70. The Hall–Kier alpha value is -2.10. The molecule has 0 radical (unpaired) electrons. The van der Waals surface area contributed by atoms with Crippen LogP contribution in [0.1, 0.15) is 11.3 Å². The van der Waals surface area contributed by atoms with E-state index >= 15 is 0 Å². The number of aromatic amines is 1. The molecule has 0 saturated heterocycles. The second-order valence-corrected chi connectivity index (χ2v) is 3.53. The van der Waals surface area contributed by atoms with Gasteiger partial charge in [-0.2, -0.15) is 0 Å². The van der Waals surface area contributed by atoms with Gasteiger partial charge in [0.1, 0.15) is 0 Å². The fourth-order valence-electron chi connectivity index (χ4n) is 1.96. The lowest BCUT2D eigenvalue weighted by molar-refractivity contribution is 0.982. The lowest BCUT2D eigenvalue weighted by atomic mass is 10.0. The summed E-state index contributed by atoms with van der Waals surface area (Å²) in [4.78, 5) is 25.5. The molecule has 0 amide bonds. The maximum Gasteiger partial charge on any atom is 0.320 e. The molecular weight excluding hydrogens is 192 g/mol. The smallest absolute Gasteiger partial charge is 0.316 e. The molecule has 4 heteroatoms. The second kappa shape index (κ2) is 2.70. The van der Waals surface area contributed by atoms with Gasteiger partial charge in [-0.3, -0.25) is 14.0 Å². The van der Waals surface area contributed by atoms with Gasteiger partial charge in [-0.05, 0) is 24.1 Å². The molecule has 0 atom stereocenters. The highest BCUT2D eigenvalue weighted by Crippen LogP contribution is 2.18. The Kier molecular flexibility index (Phi) is 1.48. The van der Waals surface area contributed by atoms with E-state index in [1.807, 2.05) is 18.2 Å². The van der Waals surface area contributed by atoms with Crippen molar-refractivity contribution < 1.29 is 0 Å². The van der Waals surface area contributed by atoms with Crippen molar-refractivity contribution in [1.29, 1.82) is 0 Å². The number of hydrogen-bond donors (Lipinski definition) is 1. The molecule has 2 aromatic heterocycles. The van der Waals surface area contributed by atoms with Gasteiger partial charge in [-0.15, -0.1) is 0 Å². The zero-order valence-corrected chi connectivity index (χ0v) is 7.86. The van der Waals surface area contributed by atoms with Crippen LogP contribution in [0, 0.1) is 0 Å². The largest absolute Gasteiger partial charge is 0.320 e. The second-order valence-electron chi connectivity index (χ2n) is 3.53. The zero-order valence-electron chi connectivity index (χ0n) is 7.86. The van der Waals surface area contributed by atoms with Crippen LogP contribution in [0.25, 0.3) is 11.6 Å². The highest BCUT2D eigenvalue weighted by molar-refractivity contribution is 5.72. The summed E-state index contributed by atoms with van der Waals surface area (Å²) in [5.74, 6) is 0. The number of rotatable bonds is 0. The Morgan fingerprint density at radius 1 is 1.33 bits per heavy atom. The molecule has 0 spiro atoms. The van der Waals surface area contributed by atoms with Crippen LogP contribution in [0.4, 0.5) is 0 Å². The van der Waals surface area contributed by atoms with Crippen molar-refractivity contribution in [3.63, 3.8) is 0 Å². The fourth-order valence-corrected chi connectivity index (χ4v) is 1.96. The Bertz CT molecular complexity index is 692. The molecule has 0 aliphatic heterocycles. The van der Waals surface area contributed by atoms with Crippen LogP contribution in [0.3, 0.4) is 0 Å². The summed E-state index contributed by atoms with van der Waals surface area (Å²) in [7, 11) is 0. The first-order valence-corrected chi connectivity index (χ1v) is 4.70. The lowest BCUT2D eigenvalue weighted by Crippen LogP contribution is -2.34. The number of hydrogen-bond acceptors (Lipinski definition) is 2. The maximum absolute atomic E-state index is 11.6. The molecule has 1 aliphatic carbocycles. The number of pyridine rings is 1. The quantitative estimate of drug-likeness (QED) is 0.631. The Morgan fingerprint density at radius 3 is 3.07 bits per heavy atom. The number of aromatic nitrogens is 2. The van der Waals surface area contributed by atoms with Crippen molar-refractivity contribution in [2.75, 3.05) is 0 Å². The van der Waals surface area contributed by atoms with Gasteiger partial charge in [0.05, 0.1) is 11.2 Å². The number of nitrogens with zero attached hydrogens (tertiary/aromatic N) is 1. The van der Waals surface area contributed by atoms with Gasteiger partial charge >= 0.3 is 11.1 Å². The molecule has 1 N–H and O–H groups in total. The van der Waals surface area contributed by atoms with Crippen LogP contribution in [-0.4, -0.2) is 9.38 Å². The van der Waals surface area contributed by atoms with Crippen LogP contribution < -0.4 is 11.1 Å². The minimum Gasteiger partial charge on any atom is -0.316 e. The molecule has 2 heterocycles. The highest BCUT2D eigenvalue weighted by atomic mass is 16.2. The third kappa shape index (κ3) is 1.01. The summed E-state index contributed by atoms with van der Waals surface area (Å²) in [6, 6.07) is 3.74. The predicted molar refractivity (Wildman–Crippen MR) is 57.0 cm³/mol. The summed E-state index contributed by atoms with van der Waals surface area (Å²) in [5, 5.41) is 0. The van der Waals surface area contributed by atoms with Gasteiger partial charge in [0.15, 0.2) is 0 Å². The van der Waals surface area contributed by atoms with Gasteiger partial charge in [-0.1, -0.05) is 12.1 Å². The van der Waals surface area contributed by atoms with Crippen LogP contribution in [0.5, 0.6) is 0 Å². The normalized spacial score (nSPS) is 13.3. The third-order valence-corrected chi connectivity index (χ3v) is 2.62. The molecule has 0 saturated carbocycles. The van der Waals surface area contributed by atoms with E-state index in [2.05, 4.69) is 4.98 Å². The number of H-pyrrole nitrogens is 1. The Balaban J connectivity index is 2.69. The first-order chi connectivity index (χ1) is 7.27. The van der Waals surface area contributed by atoms with Crippen molar-refractivity contribution >= 4 is 11.6 Å². The van der Waals surface area contributed by atoms with Gasteiger partial charge in [0.2, 0.25) is 0 Å². The first kappa shape index (κ1) is 8.23. The number of allylic oxidation sites excluding steroid dienone is 1. The Morgan fingerprint density at radius 2 is 2.20 bits per heavy atom. The van der Waals surface area contributed by atoms with E-state index in [4.69, 9.17) is 0 Å². The van der Waals surface area contributed by atoms with E-state index in [-0.39, 0.29) is 0 Å². The molecule has 2 aromatic rings. The summed E-state index contributed by atoms with van der Waals surface area (Å²) in [5.41, 5.74) is 1.48. The SMILES string of the molecule is O=c1[nH]c2c3c(cccn3c1=O)CC=C2. The summed E-state index contributed by atoms with van der Waals surface area (Å²) >= 11 is 0. The molecule has 0 aromatic carbocycles. The molecule has 0 bridgehead atoms. The molecule has 0 unspecified atom stereocenters. The standard InChI is InChI=1S/C11H8N2O2/c14-10-11(15)13-6-2-4-7-3-1-5-8(12-10)9(7)13/h1-2,4-6H,3H2,(H,12,14). The molecule has 3 rings (SSSR count). The molecule has 74 valence electrons. The minimum atomic E-state index is -0.578. The van der Waals surface area contributed by atoms with Crippen LogP contribution in [-0.2, 0) is 6.42 Å². The zero-order chi connectivity index (χ0) is 10.4. The van der Waals surface area contributed by atoms with E-state index in [1.54, 1.807) is 12.3 Å². The van der Waals surface area contributed by atoms with Crippen molar-refractivity contribution in [2.24, 2.45) is 0 Å². The van der Waals surface area contributed by atoms with Gasteiger partial charge in [-0.25, -0.2) is 0 Å². The van der Waals surface area contributed by atoms with E-state index in [1.165, 1.54) is 4.40 Å². The van der Waals surface area contributed by atoms with Crippen LogP contribution >= 0.6 is 0 Å². The van der Waals surface area contributed by atoms with Crippen LogP contribution in [0.2, 0.25) is 0 Å². The monoisotopic (exact) mass is 200 g/mol. The molecule has 4 nitrogen and oxygen atoms in total. The predicted octanol–water partition coefficient (Wildman–Crippen LogP) is 0.557. The molecular formula is C11H8N2O2. The van der Waals surface area contributed by atoms with Crippen LogP contribution in [0.15, 0.2) is 34.0 Å². The van der Waals surface area contributed by atoms with E-state index < -0.39 is 11.1 Å². The minimum absolute atomic E-state index is 0.522. The van der Waals surface area contributed by atoms with Crippen molar-refractivity contribution in [1.82, 2.24) is 9.38 Å². The van der Waals surface area contributed by atoms with Crippen molar-refractivity contribution in [3.8, 4) is 0 Å². The van der Waals surface area contributed by atoms with E-state index in [0.717, 1.165) is 17.5 Å². The number of nitrogens with one attached hydrogen (secondary N) is 1. The summed E-state index contributed by atoms with van der Waals surface area (Å²) in [6.45, 7) is 0.